The first-order valence-electron chi connectivity index (χ1n) is 9.19. The lowest BCUT2D eigenvalue weighted by Gasteiger charge is -2.39. The summed E-state index contributed by atoms with van der Waals surface area (Å²) in [6.07, 6.45) is 3.68. The number of likely N-dealkylation sites (tertiary alicyclic amines) is 1. The van der Waals surface area contributed by atoms with Crippen molar-refractivity contribution in [3.8, 4) is 0 Å². The van der Waals surface area contributed by atoms with Crippen LogP contribution in [-0.2, 0) is 9.84 Å². The maximum Gasteiger partial charge on any atom is 0.193 e. The van der Waals surface area contributed by atoms with Gasteiger partial charge >= 0.3 is 0 Å². The lowest BCUT2D eigenvalue weighted by Crippen LogP contribution is -2.57. The largest absolute Gasteiger partial charge is 0.356 e. The highest BCUT2D eigenvalue weighted by Gasteiger charge is 2.41. The number of halogens is 1. The highest BCUT2D eigenvalue weighted by Crippen LogP contribution is 2.24. The van der Waals surface area contributed by atoms with E-state index in [9.17, 15) is 8.42 Å². The number of aliphatic imine (C=N–C) groups is 1. The van der Waals surface area contributed by atoms with Crippen LogP contribution in [0.3, 0.4) is 0 Å². The SMILES string of the molecule is CCCN1CCC(CNC(=NC)N2CCS(=O)(=O)C(C)(C)C2)CC1.I. The Bertz CT molecular complexity index is 543. The fourth-order valence-corrected chi connectivity index (χ4v) is 4.99. The van der Waals surface area contributed by atoms with Crippen molar-refractivity contribution in [3.63, 3.8) is 0 Å². The van der Waals surface area contributed by atoms with E-state index in [2.05, 4.69) is 27.0 Å². The Morgan fingerprint density at radius 2 is 1.88 bits per heavy atom. The van der Waals surface area contributed by atoms with Crippen molar-refractivity contribution in [1.82, 2.24) is 15.1 Å². The Labute approximate surface area is 170 Å². The Hall–Kier alpha value is -0.0900. The van der Waals surface area contributed by atoms with Crippen LogP contribution in [0.1, 0.15) is 40.0 Å². The van der Waals surface area contributed by atoms with Crippen LogP contribution >= 0.6 is 24.0 Å². The first-order chi connectivity index (χ1) is 11.3. The van der Waals surface area contributed by atoms with Crippen LogP contribution in [0.25, 0.3) is 0 Å². The third-order valence-corrected chi connectivity index (χ3v) is 7.88. The van der Waals surface area contributed by atoms with Crippen LogP contribution in [-0.4, -0.2) is 81.0 Å². The zero-order valence-corrected chi connectivity index (χ0v) is 19.3. The maximum absolute atomic E-state index is 12.2. The summed E-state index contributed by atoms with van der Waals surface area (Å²) >= 11 is 0. The summed E-state index contributed by atoms with van der Waals surface area (Å²) in [4.78, 5) is 9.02. The number of hydrogen-bond donors (Lipinski definition) is 1. The van der Waals surface area contributed by atoms with Crippen LogP contribution in [0.5, 0.6) is 0 Å². The molecule has 25 heavy (non-hydrogen) atoms. The van der Waals surface area contributed by atoms with E-state index in [-0.39, 0.29) is 29.7 Å². The molecule has 1 N–H and O–H groups in total. The lowest BCUT2D eigenvalue weighted by atomic mass is 9.97. The summed E-state index contributed by atoms with van der Waals surface area (Å²) in [6.45, 7) is 11.4. The average Bonchev–Trinajstić information content (AvgIpc) is 2.53. The van der Waals surface area contributed by atoms with E-state index >= 15 is 0 Å². The molecule has 2 aliphatic heterocycles. The molecule has 0 aliphatic carbocycles. The Balaban J connectivity index is 0.00000312. The van der Waals surface area contributed by atoms with E-state index in [1.54, 1.807) is 7.05 Å². The molecule has 0 radical (unpaired) electrons. The van der Waals surface area contributed by atoms with E-state index in [1.807, 2.05) is 13.8 Å². The second-order valence-corrected chi connectivity index (χ2v) is 10.5. The molecule has 8 heteroatoms. The molecule has 6 nitrogen and oxygen atoms in total. The van der Waals surface area contributed by atoms with Crippen LogP contribution in [0.2, 0.25) is 0 Å². The molecule has 0 spiro atoms. The van der Waals surface area contributed by atoms with Gasteiger partial charge < -0.3 is 15.1 Å². The van der Waals surface area contributed by atoms with Crippen molar-refractivity contribution in [2.24, 2.45) is 10.9 Å². The zero-order chi connectivity index (χ0) is 17.8. The zero-order valence-electron chi connectivity index (χ0n) is 16.1. The van der Waals surface area contributed by atoms with Gasteiger partial charge in [-0.1, -0.05) is 6.92 Å². The molecule has 0 bridgehead atoms. The van der Waals surface area contributed by atoms with Gasteiger partial charge in [-0.05, 0) is 58.7 Å². The Kier molecular flexibility index (Phi) is 8.93. The molecular formula is C17H35IN4O2S. The van der Waals surface area contributed by atoms with Gasteiger partial charge in [0, 0.05) is 26.7 Å². The van der Waals surface area contributed by atoms with Gasteiger partial charge in [0.05, 0.1) is 10.5 Å². The molecule has 2 heterocycles. The normalized spacial score (nSPS) is 24.6. The number of guanidine groups is 1. The van der Waals surface area contributed by atoms with Crippen molar-refractivity contribution >= 4 is 39.8 Å². The van der Waals surface area contributed by atoms with Crippen molar-refractivity contribution in [3.05, 3.63) is 0 Å². The van der Waals surface area contributed by atoms with Gasteiger partial charge in [-0.15, -0.1) is 24.0 Å². The topological polar surface area (TPSA) is 65.0 Å². The molecule has 2 aliphatic rings. The second-order valence-electron chi connectivity index (χ2n) is 7.71. The van der Waals surface area contributed by atoms with Gasteiger partial charge in [0.25, 0.3) is 0 Å². The summed E-state index contributed by atoms with van der Waals surface area (Å²) < 4.78 is 23.6. The fraction of sp³-hybridized carbons (Fsp3) is 0.941. The minimum atomic E-state index is -3.01. The highest BCUT2D eigenvalue weighted by molar-refractivity contribution is 14.0. The van der Waals surface area contributed by atoms with Crippen molar-refractivity contribution < 1.29 is 8.42 Å². The molecule has 0 aromatic heterocycles. The van der Waals surface area contributed by atoms with Crippen molar-refractivity contribution in [2.45, 2.75) is 44.8 Å². The molecule has 0 amide bonds. The summed E-state index contributed by atoms with van der Waals surface area (Å²) in [5, 5.41) is 3.48. The van der Waals surface area contributed by atoms with Crippen LogP contribution in [0.4, 0.5) is 0 Å². The fourth-order valence-electron chi connectivity index (χ4n) is 3.62. The van der Waals surface area contributed by atoms with E-state index in [1.165, 1.54) is 38.9 Å². The first kappa shape index (κ1) is 23.0. The van der Waals surface area contributed by atoms with Crippen molar-refractivity contribution in [1.29, 1.82) is 0 Å². The van der Waals surface area contributed by atoms with Gasteiger partial charge in [-0.3, -0.25) is 4.99 Å². The third kappa shape index (κ3) is 5.95. The van der Waals surface area contributed by atoms with Crippen molar-refractivity contribution in [2.75, 3.05) is 52.1 Å². The number of piperidine rings is 1. The number of sulfone groups is 1. The van der Waals surface area contributed by atoms with Crippen LogP contribution in [0, 0.1) is 5.92 Å². The molecule has 0 atom stereocenters. The van der Waals surface area contributed by atoms with Gasteiger partial charge in [0.15, 0.2) is 15.8 Å². The molecule has 2 fully saturated rings. The lowest BCUT2D eigenvalue weighted by molar-refractivity contribution is 0.184. The van der Waals surface area contributed by atoms with E-state index in [0.29, 0.717) is 19.0 Å². The smallest absolute Gasteiger partial charge is 0.193 e. The van der Waals surface area contributed by atoms with Crippen LogP contribution < -0.4 is 5.32 Å². The number of nitrogens with one attached hydrogen (secondary N) is 1. The van der Waals surface area contributed by atoms with Gasteiger partial charge in [-0.2, -0.15) is 0 Å². The molecule has 0 unspecified atom stereocenters. The highest BCUT2D eigenvalue weighted by atomic mass is 127. The predicted octanol–water partition coefficient (Wildman–Crippen LogP) is 1.81. The minimum absolute atomic E-state index is 0. The van der Waals surface area contributed by atoms with E-state index in [4.69, 9.17) is 0 Å². The number of nitrogens with zero attached hydrogens (tertiary/aromatic N) is 3. The molecule has 148 valence electrons. The average molecular weight is 486 g/mol. The third-order valence-electron chi connectivity index (χ3n) is 5.35. The summed E-state index contributed by atoms with van der Waals surface area (Å²) in [5.74, 6) is 1.72. The molecule has 0 aromatic rings. The Morgan fingerprint density at radius 1 is 1.24 bits per heavy atom. The summed E-state index contributed by atoms with van der Waals surface area (Å²) in [7, 11) is -1.23. The monoisotopic (exact) mass is 486 g/mol. The van der Waals surface area contributed by atoms with E-state index in [0.717, 1.165) is 12.5 Å². The molecular weight excluding hydrogens is 451 g/mol. The Morgan fingerprint density at radius 3 is 2.40 bits per heavy atom. The van der Waals surface area contributed by atoms with Crippen LogP contribution in [0.15, 0.2) is 4.99 Å². The molecule has 0 saturated carbocycles. The summed E-state index contributed by atoms with van der Waals surface area (Å²) in [5.41, 5.74) is 0. The molecule has 2 saturated heterocycles. The standard InChI is InChI=1S/C17H34N4O2S.HI/c1-5-8-20-9-6-15(7-10-20)13-19-16(18-4)21-11-12-24(22,23)17(2,3)14-21;/h15H,5-14H2,1-4H3,(H,18,19);1H. The second kappa shape index (κ2) is 9.73. The molecule has 2 rings (SSSR count). The maximum atomic E-state index is 12.2. The number of rotatable bonds is 4. The van der Waals surface area contributed by atoms with E-state index < -0.39 is 14.6 Å². The predicted molar refractivity (Wildman–Crippen MR) is 116 cm³/mol. The summed E-state index contributed by atoms with van der Waals surface area (Å²) in [6, 6.07) is 0. The first-order valence-corrected chi connectivity index (χ1v) is 10.8. The molecule has 0 aromatic carbocycles. The van der Waals surface area contributed by atoms with Gasteiger partial charge in [0.2, 0.25) is 0 Å². The van der Waals surface area contributed by atoms with Gasteiger partial charge in [0.1, 0.15) is 0 Å². The minimum Gasteiger partial charge on any atom is -0.356 e. The number of hydrogen-bond acceptors (Lipinski definition) is 4. The quantitative estimate of drug-likeness (QED) is 0.373. The van der Waals surface area contributed by atoms with Gasteiger partial charge in [-0.25, -0.2) is 8.42 Å².